The lowest BCUT2D eigenvalue weighted by molar-refractivity contribution is 0.0726. The van der Waals surface area contributed by atoms with Crippen molar-refractivity contribution in [2.24, 2.45) is 0 Å². The van der Waals surface area contributed by atoms with Crippen LogP contribution in [-0.4, -0.2) is 51.7 Å². The summed E-state index contributed by atoms with van der Waals surface area (Å²) in [6.07, 6.45) is 1.77. The Bertz CT molecular complexity index is 1210. The standard InChI is InChI=1S/C25H23N5O.C2H6/c1-18-17-29(25(31)19-9-3-2-4-10-19)15-16-30(18)24-21-12-6-5-11-20(21)23(27-28-24)22-13-7-8-14-26-22;1-2/h2-14,18H,15-17H2,1H3;1-2H3/t18-;/m1./s1. The fourth-order valence-corrected chi connectivity index (χ4v) is 4.21. The van der Waals surface area contributed by atoms with E-state index < -0.39 is 0 Å². The Morgan fingerprint density at radius 3 is 2.24 bits per heavy atom. The van der Waals surface area contributed by atoms with Crippen LogP contribution in [0, 0.1) is 0 Å². The van der Waals surface area contributed by atoms with Crippen LogP contribution in [0.3, 0.4) is 0 Å². The Morgan fingerprint density at radius 1 is 0.848 bits per heavy atom. The van der Waals surface area contributed by atoms with Crippen molar-refractivity contribution >= 4 is 22.5 Å². The van der Waals surface area contributed by atoms with Gasteiger partial charge in [0.2, 0.25) is 0 Å². The van der Waals surface area contributed by atoms with E-state index in [0.29, 0.717) is 19.6 Å². The number of rotatable bonds is 3. The first-order chi connectivity index (χ1) is 16.2. The van der Waals surface area contributed by atoms with Gasteiger partial charge in [0, 0.05) is 48.2 Å². The Morgan fingerprint density at radius 2 is 1.55 bits per heavy atom. The van der Waals surface area contributed by atoms with E-state index >= 15 is 0 Å². The molecule has 168 valence electrons. The minimum absolute atomic E-state index is 0.0774. The molecule has 0 bridgehead atoms. The minimum Gasteiger partial charge on any atom is -0.348 e. The van der Waals surface area contributed by atoms with Crippen molar-refractivity contribution in [3.05, 3.63) is 84.6 Å². The third-order valence-corrected chi connectivity index (χ3v) is 5.78. The summed E-state index contributed by atoms with van der Waals surface area (Å²) >= 11 is 0. The second-order valence-electron chi connectivity index (χ2n) is 7.79. The van der Waals surface area contributed by atoms with Crippen LogP contribution >= 0.6 is 0 Å². The molecule has 0 spiro atoms. The van der Waals surface area contributed by atoms with Gasteiger partial charge >= 0.3 is 0 Å². The Labute approximate surface area is 194 Å². The third-order valence-electron chi connectivity index (χ3n) is 5.78. The maximum Gasteiger partial charge on any atom is 0.253 e. The Kier molecular flexibility index (Phi) is 6.93. The van der Waals surface area contributed by atoms with Crippen molar-refractivity contribution in [2.45, 2.75) is 26.8 Å². The quantitative estimate of drug-likeness (QED) is 0.446. The summed E-state index contributed by atoms with van der Waals surface area (Å²) in [4.78, 5) is 21.5. The van der Waals surface area contributed by atoms with Crippen molar-refractivity contribution < 1.29 is 4.79 Å². The molecule has 6 heteroatoms. The molecule has 6 nitrogen and oxygen atoms in total. The van der Waals surface area contributed by atoms with Gasteiger partial charge in [0.15, 0.2) is 5.82 Å². The molecule has 5 rings (SSSR count). The maximum absolute atomic E-state index is 12.9. The first-order valence-electron chi connectivity index (χ1n) is 11.5. The van der Waals surface area contributed by atoms with Crippen LogP contribution in [0.4, 0.5) is 5.82 Å². The molecule has 3 heterocycles. The summed E-state index contributed by atoms with van der Waals surface area (Å²) in [6, 6.07) is 23.6. The van der Waals surface area contributed by atoms with Gasteiger partial charge in [-0.25, -0.2) is 0 Å². The molecule has 1 saturated heterocycles. The molecule has 2 aromatic carbocycles. The number of amides is 1. The smallest absolute Gasteiger partial charge is 0.253 e. The lowest BCUT2D eigenvalue weighted by Gasteiger charge is -2.40. The number of hydrogen-bond acceptors (Lipinski definition) is 5. The largest absolute Gasteiger partial charge is 0.348 e. The summed E-state index contributed by atoms with van der Waals surface area (Å²) in [5.74, 6) is 0.933. The molecular weight excluding hydrogens is 410 g/mol. The first-order valence-corrected chi connectivity index (χ1v) is 11.5. The van der Waals surface area contributed by atoms with Gasteiger partial charge in [0.05, 0.1) is 5.69 Å². The minimum atomic E-state index is 0.0774. The average Bonchev–Trinajstić information content (AvgIpc) is 2.90. The normalized spacial score (nSPS) is 15.7. The van der Waals surface area contributed by atoms with Crippen LogP contribution in [0.15, 0.2) is 79.0 Å². The number of carbonyl (C=O) groups is 1. The predicted molar refractivity (Wildman–Crippen MR) is 133 cm³/mol. The maximum atomic E-state index is 12.9. The highest BCUT2D eigenvalue weighted by atomic mass is 16.2. The van der Waals surface area contributed by atoms with E-state index in [4.69, 9.17) is 0 Å². The molecule has 0 saturated carbocycles. The fraction of sp³-hybridized carbons (Fsp3) is 0.259. The monoisotopic (exact) mass is 439 g/mol. The molecule has 1 fully saturated rings. The Balaban J connectivity index is 0.00000126. The summed E-state index contributed by atoms with van der Waals surface area (Å²) < 4.78 is 0. The molecule has 33 heavy (non-hydrogen) atoms. The highest BCUT2D eigenvalue weighted by Crippen LogP contribution is 2.32. The highest BCUT2D eigenvalue weighted by molar-refractivity contribution is 6.00. The number of pyridine rings is 1. The summed E-state index contributed by atoms with van der Waals surface area (Å²) in [5.41, 5.74) is 2.32. The van der Waals surface area contributed by atoms with Crippen LogP contribution in [0.2, 0.25) is 0 Å². The van der Waals surface area contributed by atoms with E-state index in [2.05, 4.69) is 39.1 Å². The molecule has 0 radical (unpaired) electrons. The fourth-order valence-electron chi connectivity index (χ4n) is 4.21. The number of fused-ring (bicyclic) bond motifs is 1. The second kappa shape index (κ2) is 10.2. The van der Waals surface area contributed by atoms with Gasteiger partial charge in [-0.3, -0.25) is 9.78 Å². The molecule has 2 aromatic heterocycles. The number of hydrogen-bond donors (Lipinski definition) is 0. The average molecular weight is 440 g/mol. The van der Waals surface area contributed by atoms with E-state index in [1.54, 1.807) is 6.20 Å². The van der Waals surface area contributed by atoms with E-state index in [1.807, 2.05) is 79.4 Å². The van der Waals surface area contributed by atoms with Crippen LogP contribution in [0.5, 0.6) is 0 Å². The molecule has 1 amide bonds. The number of piperazine rings is 1. The third kappa shape index (κ3) is 4.55. The topological polar surface area (TPSA) is 62.2 Å². The predicted octanol–water partition coefficient (Wildman–Crippen LogP) is 5.07. The lowest BCUT2D eigenvalue weighted by Crippen LogP contribution is -2.54. The van der Waals surface area contributed by atoms with Crippen molar-refractivity contribution in [3.63, 3.8) is 0 Å². The second-order valence-corrected chi connectivity index (χ2v) is 7.79. The molecule has 0 aliphatic carbocycles. The van der Waals surface area contributed by atoms with Gasteiger partial charge in [-0.2, -0.15) is 0 Å². The molecule has 1 atom stereocenters. The molecule has 0 unspecified atom stereocenters. The van der Waals surface area contributed by atoms with Gasteiger partial charge in [0.1, 0.15) is 5.69 Å². The number of aromatic nitrogens is 3. The summed E-state index contributed by atoms with van der Waals surface area (Å²) in [5, 5.41) is 11.2. The molecular formula is C27H29N5O. The van der Waals surface area contributed by atoms with Crippen molar-refractivity contribution in [3.8, 4) is 11.4 Å². The van der Waals surface area contributed by atoms with Crippen molar-refractivity contribution in [2.75, 3.05) is 24.5 Å². The number of anilines is 1. The molecule has 1 aliphatic rings. The van der Waals surface area contributed by atoms with Crippen LogP contribution in [-0.2, 0) is 0 Å². The van der Waals surface area contributed by atoms with Gasteiger partial charge < -0.3 is 9.80 Å². The molecule has 1 aliphatic heterocycles. The zero-order valence-electron chi connectivity index (χ0n) is 19.3. The van der Waals surface area contributed by atoms with E-state index in [9.17, 15) is 4.79 Å². The SMILES string of the molecule is CC.C[C@@H]1CN(C(=O)c2ccccc2)CCN1c1nnc(-c2ccccn2)c2ccccc12. The van der Waals surface area contributed by atoms with E-state index in [0.717, 1.165) is 33.5 Å². The highest BCUT2D eigenvalue weighted by Gasteiger charge is 2.29. The number of benzene rings is 2. The van der Waals surface area contributed by atoms with E-state index in [-0.39, 0.29) is 11.9 Å². The van der Waals surface area contributed by atoms with Gasteiger partial charge in [-0.1, -0.05) is 62.4 Å². The zero-order valence-corrected chi connectivity index (χ0v) is 19.3. The van der Waals surface area contributed by atoms with Gasteiger partial charge in [-0.15, -0.1) is 10.2 Å². The number of carbonyl (C=O) groups excluding carboxylic acids is 1. The first kappa shape index (κ1) is 22.4. The van der Waals surface area contributed by atoms with Gasteiger partial charge in [-0.05, 0) is 31.2 Å². The zero-order chi connectivity index (χ0) is 23.2. The lowest BCUT2D eigenvalue weighted by atomic mass is 10.1. The van der Waals surface area contributed by atoms with Crippen LogP contribution in [0.25, 0.3) is 22.2 Å². The van der Waals surface area contributed by atoms with Crippen molar-refractivity contribution in [1.82, 2.24) is 20.1 Å². The van der Waals surface area contributed by atoms with Crippen molar-refractivity contribution in [1.29, 1.82) is 0 Å². The summed E-state index contributed by atoms with van der Waals surface area (Å²) in [7, 11) is 0. The molecule has 4 aromatic rings. The van der Waals surface area contributed by atoms with Crippen LogP contribution < -0.4 is 4.90 Å². The molecule has 0 N–H and O–H groups in total. The number of nitrogens with zero attached hydrogens (tertiary/aromatic N) is 5. The van der Waals surface area contributed by atoms with E-state index in [1.165, 1.54) is 0 Å². The Hall–Kier alpha value is -3.80. The summed E-state index contributed by atoms with van der Waals surface area (Å²) in [6.45, 7) is 8.14. The van der Waals surface area contributed by atoms with Crippen LogP contribution in [0.1, 0.15) is 31.1 Å². The van der Waals surface area contributed by atoms with Gasteiger partial charge in [0.25, 0.3) is 5.91 Å².